The number of likely N-dealkylation sites (N-methyl/N-ethyl adjacent to an activating group) is 1. The first-order chi connectivity index (χ1) is 9.09. The summed E-state index contributed by atoms with van der Waals surface area (Å²) in [4.78, 5) is 13.0. The number of nitro benzene ring substituents is 1. The van der Waals surface area contributed by atoms with Gasteiger partial charge in [-0.25, -0.2) is 0 Å². The zero-order valence-corrected chi connectivity index (χ0v) is 11.5. The Morgan fingerprint density at radius 3 is 2.79 bits per heavy atom. The first-order valence-corrected chi connectivity index (χ1v) is 6.74. The molecule has 1 aliphatic carbocycles. The molecule has 0 heterocycles. The van der Waals surface area contributed by atoms with Crippen molar-refractivity contribution in [3.63, 3.8) is 0 Å². The summed E-state index contributed by atoms with van der Waals surface area (Å²) in [6.45, 7) is 3.57. The zero-order chi connectivity index (χ0) is 13.8. The number of nitrogens with zero attached hydrogens (tertiary/aromatic N) is 2. The second kappa shape index (κ2) is 6.12. The Kier molecular flexibility index (Phi) is 4.50. The van der Waals surface area contributed by atoms with E-state index in [1.54, 1.807) is 18.2 Å². The fourth-order valence-electron chi connectivity index (χ4n) is 2.24. The molecule has 0 radical (unpaired) electrons. The van der Waals surface area contributed by atoms with E-state index in [2.05, 4.69) is 24.2 Å². The first-order valence-electron chi connectivity index (χ1n) is 6.74. The largest absolute Gasteiger partial charge is 0.311 e. The Bertz CT molecular complexity index is 446. The molecule has 1 atom stereocenters. The lowest BCUT2D eigenvalue weighted by Gasteiger charge is -2.24. The number of hydrogen-bond acceptors (Lipinski definition) is 4. The predicted octanol–water partition coefficient (Wildman–Crippen LogP) is 2.17. The molecule has 1 N–H and O–H groups in total. The summed E-state index contributed by atoms with van der Waals surface area (Å²) in [5.41, 5.74) is 0.937. The highest BCUT2D eigenvalue weighted by Gasteiger charge is 2.28. The molecule has 0 saturated heterocycles. The second-order valence-corrected chi connectivity index (χ2v) is 5.26. The van der Waals surface area contributed by atoms with E-state index in [1.807, 2.05) is 6.07 Å². The second-order valence-electron chi connectivity index (χ2n) is 5.26. The quantitative estimate of drug-likeness (QED) is 0.605. The average molecular weight is 263 g/mol. The molecule has 5 nitrogen and oxygen atoms in total. The number of nitro groups is 1. The molecule has 1 aromatic carbocycles. The topological polar surface area (TPSA) is 58.4 Å². The molecular weight excluding hydrogens is 242 g/mol. The molecule has 1 fully saturated rings. The minimum atomic E-state index is -0.323. The maximum atomic E-state index is 10.9. The lowest BCUT2D eigenvalue weighted by Crippen LogP contribution is -2.38. The zero-order valence-electron chi connectivity index (χ0n) is 11.5. The molecule has 2 rings (SSSR count). The Balaban J connectivity index is 1.83. The van der Waals surface area contributed by atoms with E-state index < -0.39 is 0 Å². The maximum Gasteiger partial charge on any atom is 0.273 e. The van der Waals surface area contributed by atoms with Crippen LogP contribution in [0.2, 0.25) is 0 Å². The third-order valence-corrected chi connectivity index (χ3v) is 3.76. The van der Waals surface area contributed by atoms with Crippen molar-refractivity contribution in [1.82, 2.24) is 10.2 Å². The van der Waals surface area contributed by atoms with Crippen molar-refractivity contribution >= 4 is 5.69 Å². The van der Waals surface area contributed by atoms with Crippen LogP contribution in [-0.4, -0.2) is 35.5 Å². The third kappa shape index (κ3) is 3.75. The number of para-hydroxylation sites is 1. The van der Waals surface area contributed by atoms with Crippen LogP contribution in [0.3, 0.4) is 0 Å². The van der Waals surface area contributed by atoms with Crippen molar-refractivity contribution in [3.8, 4) is 0 Å². The number of rotatable bonds is 7. The van der Waals surface area contributed by atoms with Crippen LogP contribution in [0.25, 0.3) is 0 Å². The average Bonchev–Trinajstić information content (AvgIpc) is 3.22. The molecule has 0 aromatic heterocycles. The highest BCUT2D eigenvalue weighted by Crippen LogP contribution is 2.26. The minimum Gasteiger partial charge on any atom is -0.311 e. The van der Waals surface area contributed by atoms with Crippen LogP contribution in [0.5, 0.6) is 0 Å². The molecule has 1 saturated carbocycles. The fraction of sp³-hybridized carbons (Fsp3) is 0.571. The standard InChI is InChI=1S/C14H21N3O2/c1-11(16(2)13-7-8-13)9-15-10-12-5-3-4-6-14(12)17(18)19/h3-6,11,13,15H,7-10H2,1-2H3. The third-order valence-electron chi connectivity index (χ3n) is 3.76. The highest BCUT2D eigenvalue weighted by molar-refractivity contribution is 5.39. The van der Waals surface area contributed by atoms with E-state index in [0.717, 1.165) is 18.2 Å². The van der Waals surface area contributed by atoms with Gasteiger partial charge in [0.1, 0.15) is 0 Å². The Morgan fingerprint density at radius 2 is 2.16 bits per heavy atom. The summed E-state index contributed by atoms with van der Waals surface area (Å²) in [7, 11) is 2.15. The first kappa shape index (κ1) is 14.0. The molecule has 104 valence electrons. The van der Waals surface area contributed by atoms with Gasteiger partial charge in [-0.3, -0.25) is 15.0 Å². The van der Waals surface area contributed by atoms with Gasteiger partial charge < -0.3 is 5.32 Å². The van der Waals surface area contributed by atoms with Gasteiger partial charge in [0.2, 0.25) is 0 Å². The van der Waals surface area contributed by atoms with Crippen molar-refractivity contribution < 1.29 is 4.92 Å². The van der Waals surface area contributed by atoms with E-state index >= 15 is 0 Å². The van der Waals surface area contributed by atoms with Gasteiger partial charge >= 0.3 is 0 Å². The summed E-state index contributed by atoms with van der Waals surface area (Å²) in [5, 5.41) is 14.2. The summed E-state index contributed by atoms with van der Waals surface area (Å²) in [6.07, 6.45) is 2.59. The van der Waals surface area contributed by atoms with E-state index in [-0.39, 0.29) is 10.6 Å². The minimum absolute atomic E-state index is 0.193. The van der Waals surface area contributed by atoms with Gasteiger partial charge in [0.15, 0.2) is 0 Å². The highest BCUT2D eigenvalue weighted by atomic mass is 16.6. The summed E-state index contributed by atoms with van der Waals surface area (Å²) >= 11 is 0. The van der Waals surface area contributed by atoms with Crippen molar-refractivity contribution in [3.05, 3.63) is 39.9 Å². The molecule has 0 spiro atoms. The van der Waals surface area contributed by atoms with E-state index in [4.69, 9.17) is 0 Å². The predicted molar refractivity (Wildman–Crippen MR) is 75.1 cm³/mol. The van der Waals surface area contributed by atoms with Crippen LogP contribution < -0.4 is 5.32 Å². The van der Waals surface area contributed by atoms with Crippen LogP contribution in [0.4, 0.5) is 5.69 Å². The normalized spacial score (nSPS) is 16.6. The van der Waals surface area contributed by atoms with Crippen LogP contribution in [-0.2, 0) is 6.54 Å². The van der Waals surface area contributed by atoms with Crippen molar-refractivity contribution in [2.24, 2.45) is 0 Å². The van der Waals surface area contributed by atoms with E-state index in [9.17, 15) is 10.1 Å². The van der Waals surface area contributed by atoms with E-state index in [1.165, 1.54) is 12.8 Å². The molecule has 0 aliphatic heterocycles. The van der Waals surface area contributed by atoms with Crippen LogP contribution in [0.15, 0.2) is 24.3 Å². The van der Waals surface area contributed by atoms with Crippen LogP contribution in [0, 0.1) is 10.1 Å². The summed E-state index contributed by atoms with van der Waals surface area (Å²) in [6, 6.07) is 8.09. The fourth-order valence-corrected chi connectivity index (χ4v) is 2.24. The number of nitrogens with one attached hydrogen (secondary N) is 1. The van der Waals surface area contributed by atoms with Gasteiger partial charge in [0, 0.05) is 36.8 Å². The van der Waals surface area contributed by atoms with Gasteiger partial charge in [-0.05, 0) is 26.8 Å². The van der Waals surface area contributed by atoms with Gasteiger partial charge in [-0.15, -0.1) is 0 Å². The molecule has 0 bridgehead atoms. The van der Waals surface area contributed by atoms with Crippen LogP contribution >= 0.6 is 0 Å². The molecule has 1 aliphatic rings. The van der Waals surface area contributed by atoms with E-state index in [0.29, 0.717) is 12.6 Å². The monoisotopic (exact) mass is 263 g/mol. The maximum absolute atomic E-state index is 10.9. The van der Waals surface area contributed by atoms with Crippen molar-refractivity contribution in [2.45, 2.75) is 38.4 Å². The summed E-state index contributed by atoms with van der Waals surface area (Å²) in [5.74, 6) is 0. The molecule has 0 amide bonds. The lowest BCUT2D eigenvalue weighted by molar-refractivity contribution is -0.385. The smallest absolute Gasteiger partial charge is 0.273 e. The number of benzene rings is 1. The molecule has 1 unspecified atom stereocenters. The van der Waals surface area contributed by atoms with Gasteiger partial charge in [0.25, 0.3) is 5.69 Å². The van der Waals surface area contributed by atoms with Crippen molar-refractivity contribution in [2.75, 3.05) is 13.6 Å². The van der Waals surface area contributed by atoms with Gasteiger partial charge in [-0.1, -0.05) is 18.2 Å². The molecular formula is C14H21N3O2. The lowest BCUT2D eigenvalue weighted by atomic mass is 10.2. The Labute approximate surface area is 113 Å². The molecule has 1 aromatic rings. The van der Waals surface area contributed by atoms with Gasteiger partial charge in [-0.2, -0.15) is 0 Å². The van der Waals surface area contributed by atoms with Crippen molar-refractivity contribution in [1.29, 1.82) is 0 Å². The SMILES string of the molecule is CC(CNCc1ccccc1[N+](=O)[O-])N(C)C1CC1. The van der Waals surface area contributed by atoms with Gasteiger partial charge in [0.05, 0.1) is 4.92 Å². The van der Waals surface area contributed by atoms with Crippen LogP contribution in [0.1, 0.15) is 25.3 Å². The Morgan fingerprint density at radius 1 is 1.47 bits per heavy atom. The Hall–Kier alpha value is -1.46. The molecule has 19 heavy (non-hydrogen) atoms. The summed E-state index contributed by atoms with van der Waals surface area (Å²) < 4.78 is 0. The molecule has 5 heteroatoms. The number of hydrogen-bond donors (Lipinski definition) is 1.